The summed E-state index contributed by atoms with van der Waals surface area (Å²) in [6.07, 6.45) is 11.2. The molecule has 0 aromatic carbocycles. The third kappa shape index (κ3) is 3.96. The zero-order valence-corrected chi connectivity index (χ0v) is 13.3. The highest BCUT2D eigenvalue weighted by molar-refractivity contribution is 6.81. The number of rotatable bonds is 3. The molecular weight excluding hydrogens is 224 g/mol. The Balaban J connectivity index is 2.58. The summed E-state index contributed by atoms with van der Waals surface area (Å²) in [4.78, 5) is 0. The second kappa shape index (κ2) is 5.70. The maximum atomic E-state index is 10.4. The monoisotopic (exact) mass is 254 g/mol. The zero-order valence-electron chi connectivity index (χ0n) is 12.3. The summed E-state index contributed by atoms with van der Waals surface area (Å²) < 4.78 is 0. The van der Waals surface area contributed by atoms with Crippen LogP contribution in [0, 0.1) is 5.92 Å². The van der Waals surface area contributed by atoms with E-state index in [0.29, 0.717) is 0 Å². The Morgan fingerprint density at radius 2 is 1.65 bits per heavy atom. The molecule has 0 unspecified atom stereocenters. The lowest BCUT2D eigenvalue weighted by Gasteiger charge is -2.39. The molecular formula is C15H30OSi. The predicted molar refractivity (Wildman–Crippen MR) is 78.9 cm³/mol. The highest BCUT2D eigenvalue weighted by Gasteiger charge is 2.40. The van der Waals surface area contributed by atoms with E-state index < -0.39 is 8.07 Å². The third-order valence-corrected chi connectivity index (χ3v) is 10.4. The number of allylic oxidation sites excluding steroid dienone is 1. The fourth-order valence-electron chi connectivity index (χ4n) is 2.27. The van der Waals surface area contributed by atoms with Crippen molar-refractivity contribution < 1.29 is 5.11 Å². The smallest absolute Gasteiger partial charge is 0.0914 e. The van der Waals surface area contributed by atoms with Crippen LogP contribution in [0.4, 0.5) is 0 Å². The van der Waals surface area contributed by atoms with Gasteiger partial charge in [-0.25, -0.2) is 0 Å². The molecule has 1 aliphatic rings. The van der Waals surface area contributed by atoms with Crippen molar-refractivity contribution >= 4 is 8.07 Å². The van der Waals surface area contributed by atoms with E-state index in [1.165, 1.54) is 32.1 Å². The summed E-state index contributed by atoms with van der Waals surface area (Å²) in [6.45, 7) is 11.4. The first-order chi connectivity index (χ1) is 7.75. The Bertz CT molecular complexity index is 257. The molecule has 2 heteroatoms. The normalized spacial score (nSPS) is 22.0. The Morgan fingerprint density at radius 1 is 1.12 bits per heavy atom. The summed E-state index contributed by atoms with van der Waals surface area (Å²) in [7, 11) is -1.62. The van der Waals surface area contributed by atoms with Crippen molar-refractivity contribution in [2.75, 3.05) is 0 Å². The van der Waals surface area contributed by atoms with Gasteiger partial charge < -0.3 is 5.11 Å². The molecule has 0 radical (unpaired) electrons. The van der Waals surface area contributed by atoms with Crippen LogP contribution in [0.1, 0.15) is 52.9 Å². The van der Waals surface area contributed by atoms with E-state index in [4.69, 9.17) is 0 Å². The molecule has 0 amide bonds. The standard InChI is InChI=1S/C15H30OSi/c1-15(2,3)17(4,5)14(16)12-11-13-9-7-6-8-10-13/h11-14,16H,6-10H2,1-5H3/b12-11+/t14-/m0/s1. The van der Waals surface area contributed by atoms with E-state index in [1.807, 2.05) is 0 Å². The van der Waals surface area contributed by atoms with Crippen LogP contribution in [0.2, 0.25) is 18.1 Å². The summed E-state index contributed by atoms with van der Waals surface area (Å²) in [5, 5.41) is 10.7. The number of aliphatic hydroxyl groups is 1. The van der Waals surface area contributed by atoms with Gasteiger partial charge in [-0.05, 0) is 23.8 Å². The molecule has 0 saturated heterocycles. The van der Waals surface area contributed by atoms with Crippen LogP contribution in [-0.2, 0) is 0 Å². The van der Waals surface area contributed by atoms with Crippen molar-refractivity contribution in [2.45, 2.75) is 76.7 Å². The summed E-state index contributed by atoms with van der Waals surface area (Å²) in [5.74, 6) is 0.725. The Labute approximate surface area is 108 Å². The Hall–Kier alpha value is -0.0831. The molecule has 1 fully saturated rings. The minimum atomic E-state index is -1.62. The molecule has 0 aromatic rings. The van der Waals surface area contributed by atoms with Crippen molar-refractivity contribution in [3.63, 3.8) is 0 Å². The van der Waals surface area contributed by atoms with Crippen LogP contribution < -0.4 is 0 Å². The first-order valence-corrected chi connectivity index (χ1v) is 10.2. The highest BCUT2D eigenvalue weighted by Crippen LogP contribution is 2.38. The van der Waals surface area contributed by atoms with Gasteiger partial charge in [-0.2, -0.15) is 0 Å². The number of aliphatic hydroxyl groups excluding tert-OH is 1. The van der Waals surface area contributed by atoms with E-state index in [2.05, 4.69) is 46.0 Å². The van der Waals surface area contributed by atoms with Crippen molar-refractivity contribution in [3.05, 3.63) is 12.2 Å². The van der Waals surface area contributed by atoms with Gasteiger partial charge in [-0.15, -0.1) is 0 Å². The van der Waals surface area contributed by atoms with Crippen LogP contribution in [0.15, 0.2) is 12.2 Å². The lowest BCUT2D eigenvalue weighted by molar-refractivity contribution is 0.282. The molecule has 0 bridgehead atoms. The van der Waals surface area contributed by atoms with E-state index in [-0.39, 0.29) is 10.8 Å². The molecule has 0 aliphatic heterocycles. The topological polar surface area (TPSA) is 20.2 Å². The minimum absolute atomic E-state index is 0.204. The van der Waals surface area contributed by atoms with E-state index in [0.717, 1.165) is 5.92 Å². The molecule has 17 heavy (non-hydrogen) atoms. The van der Waals surface area contributed by atoms with Gasteiger partial charge >= 0.3 is 0 Å². The zero-order chi connectivity index (χ0) is 13.1. The quantitative estimate of drug-likeness (QED) is 0.579. The lowest BCUT2D eigenvalue weighted by atomic mass is 9.89. The first kappa shape index (κ1) is 15.0. The highest BCUT2D eigenvalue weighted by atomic mass is 28.3. The SMILES string of the molecule is CC(C)(C)[Si](C)(C)[C@H](O)/C=C/C1CCCCC1. The maximum Gasteiger partial charge on any atom is 0.0914 e. The minimum Gasteiger partial charge on any atom is -0.393 e. The molecule has 0 heterocycles. The van der Waals surface area contributed by atoms with Crippen LogP contribution in [0.5, 0.6) is 0 Å². The second-order valence-electron chi connectivity index (χ2n) is 7.20. The lowest BCUT2D eigenvalue weighted by Crippen LogP contribution is -2.48. The van der Waals surface area contributed by atoms with Gasteiger partial charge in [0.1, 0.15) is 0 Å². The number of hydrogen-bond donors (Lipinski definition) is 1. The van der Waals surface area contributed by atoms with E-state index in [1.54, 1.807) is 0 Å². The first-order valence-electron chi connectivity index (χ1n) is 7.11. The molecule has 0 spiro atoms. The van der Waals surface area contributed by atoms with Gasteiger partial charge in [0, 0.05) is 0 Å². The van der Waals surface area contributed by atoms with Gasteiger partial charge in [0.2, 0.25) is 0 Å². The summed E-state index contributed by atoms with van der Waals surface area (Å²) >= 11 is 0. The molecule has 1 nitrogen and oxygen atoms in total. The Morgan fingerprint density at radius 3 is 2.12 bits per heavy atom. The molecule has 0 aromatic heterocycles. The molecule has 1 N–H and O–H groups in total. The average molecular weight is 254 g/mol. The van der Waals surface area contributed by atoms with Gasteiger partial charge in [0.25, 0.3) is 0 Å². The molecule has 1 aliphatic carbocycles. The molecule has 100 valence electrons. The molecule has 1 saturated carbocycles. The van der Waals surface area contributed by atoms with Gasteiger partial charge in [0.05, 0.1) is 13.8 Å². The van der Waals surface area contributed by atoms with Gasteiger partial charge in [0.15, 0.2) is 0 Å². The van der Waals surface area contributed by atoms with Crippen LogP contribution >= 0.6 is 0 Å². The fourth-order valence-corrected chi connectivity index (χ4v) is 3.75. The molecule has 1 rings (SSSR count). The third-order valence-electron chi connectivity index (χ3n) is 4.89. The van der Waals surface area contributed by atoms with Crippen LogP contribution in [0.3, 0.4) is 0 Å². The van der Waals surface area contributed by atoms with Crippen molar-refractivity contribution in [3.8, 4) is 0 Å². The second-order valence-corrected chi connectivity index (χ2v) is 12.7. The van der Waals surface area contributed by atoms with Crippen molar-refractivity contribution in [1.82, 2.24) is 0 Å². The predicted octanol–water partition coefficient (Wildman–Crippen LogP) is 4.53. The summed E-state index contributed by atoms with van der Waals surface area (Å²) in [5.41, 5.74) is -0.204. The van der Waals surface area contributed by atoms with Crippen molar-refractivity contribution in [1.29, 1.82) is 0 Å². The van der Waals surface area contributed by atoms with Crippen LogP contribution in [-0.4, -0.2) is 18.9 Å². The van der Waals surface area contributed by atoms with Gasteiger partial charge in [-0.1, -0.05) is 65.3 Å². The average Bonchev–Trinajstić information content (AvgIpc) is 2.25. The maximum absolute atomic E-state index is 10.4. The Kier molecular flexibility index (Phi) is 5.03. The van der Waals surface area contributed by atoms with E-state index in [9.17, 15) is 5.11 Å². The number of hydrogen-bond acceptors (Lipinski definition) is 1. The van der Waals surface area contributed by atoms with E-state index >= 15 is 0 Å². The van der Waals surface area contributed by atoms with Crippen LogP contribution in [0.25, 0.3) is 0 Å². The largest absolute Gasteiger partial charge is 0.393 e. The summed E-state index contributed by atoms with van der Waals surface area (Å²) in [6, 6.07) is 0. The van der Waals surface area contributed by atoms with Gasteiger partial charge in [-0.3, -0.25) is 0 Å². The van der Waals surface area contributed by atoms with Crippen molar-refractivity contribution in [2.24, 2.45) is 5.92 Å². The fraction of sp³-hybridized carbons (Fsp3) is 0.867. The molecule has 1 atom stereocenters.